The Morgan fingerprint density at radius 1 is 1.27 bits per heavy atom. The van der Waals surface area contributed by atoms with Gasteiger partial charge in [0.25, 0.3) is 0 Å². The number of carbonyl (C=O) groups is 1. The summed E-state index contributed by atoms with van der Waals surface area (Å²) in [7, 11) is 0. The first kappa shape index (κ1) is 17.1. The number of carbonyl (C=O) groups excluding carboxylic acids is 1. The van der Waals surface area contributed by atoms with Crippen LogP contribution in [0.15, 0.2) is 22.7 Å². The highest BCUT2D eigenvalue weighted by Crippen LogP contribution is 2.30. The average molecular weight is 370 g/mol. The first-order valence-corrected chi connectivity index (χ1v) is 8.45. The van der Waals surface area contributed by atoms with Crippen molar-refractivity contribution in [3.8, 4) is 5.75 Å². The number of hydrogen-bond donors (Lipinski definition) is 0. The molecule has 1 aromatic rings. The van der Waals surface area contributed by atoms with Crippen molar-refractivity contribution in [2.75, 3.05) is 13.1 Å². The highest BCUT2D eigenvalue weighted by molar-refractivity contribution is 9.10. The lowest BCUT2D eigenvalue weighted by molar-refractivity contribution is 0.0126. The van der Waals surface area contributed by atoms with Gasteiger partial charge in [0, 0.05) is 25.9 Å². The van der Waals surface area contributed by atoms with Crippen molar-refractivity contribution in [3.63, 3.8) is 0 Å². The Hall–Kier alpha value is -1.23. The second kappa shape index (κ2) is 6.90. The van der Waals surface area contributed by atoms with Crippen LogP contribution in [-0.4, -0.2) is 35.8 Å². The second-order valence-corrected chi connectivity index (χ2v) is 7.46. The van der Waals surface area contributed by atoms with Crippen LogP contribution in [-0.2, 0) is 4.74 Å². The van der Waals surface area contributed by atoms with Crippen molar-refractivity contribution < 1.29 is 14.3 Å². The number of amides is 1. The van der Waals surface area contributed by atoms with Crippen LogP contribution >= 0.6 is 15.9 Å². The lowest BCUT2D eigenvalue weighted by Gasteiger charge is -2.33. The maximum atomic E-state index is 12.0. The summed E-state index contributed by atoms with van der Waals surface area (Å²) in [6.07, 6.45) is 1.54. The molecule has 0 spiro atoms. The molecule has 0 unspecified atom stereocenters. The fourth-order valence-corrected chi connectivity index (χ4v) is 2.73. The molecule has 0 aliphatic carbocycles. The topological polar surface area (TPSA) is 38.8 Å². The van der Waals surface area contributed by atoms with Crippen LogP contribution in [0.1, 0.15) is 39.2 Å². The Balaban J connectivity index is 1.87. The number of likely N-dealkylation sites (tertiary alicyclic amines) is 1. The lowest BCUT2D eigenvalue weighted by atomic mass is 10.1. The van der Waals surface area contributed by atoms with Gasteiger partial charge in [-0.2, -0.15) is 0 Å². The standard InChI is InChI=1S/C17H24BrNO3/c1-12-6-5-7-14(15(12)18)21-13-8-10-19(11-9-13)16(20)22-17(2,3)4/h5-7,13H,8-11H2,1-4H3. The number of nitrogens with zero attached hydrogens (tertiary/aromatic N) is 1. The highest BCUT2D eigenvalue weighted by atomic mass is 79.9. The summed E-state index contributed by atoms with van der Waals surface area (Å²) in [6.45, 7) is 9.04. The molecule has 2 rings (SSSR count). The van der Waals surface area contributed by atoms with Gasteiger partial charge in [-0.1, -0.05) is 12.1 Å². The first-order chi connectivity index (χ1) is 10.3. The molecule has 5 heteroatoms. The van der Waals surface area contributed by atoms with E-state index in [1.807, 2.05) is 45.9 Å². The molecule has 122 valence electrons. The Morgan fingerprint density at radius 3 is 2.50 bits per heavy atom. The van der Waals surface area contributed by atoms with Gasteiger partial charge in [-0.25, -0.2) is 4.79 Å². The molecule has 1 aliphatic heterocycles. The van der Waals surface area contributed by atoms with Crippen molar-refractivity contribution in [2.45, 2.75) is 52.2 Å². The molecular formula is C17H24BrNO3. The number of piperidine rings is 1. The molecule has 1 aromatic carbocycles. The molecule has 1 aliphatic rings. The number of hydrogen-bond acceptors (Lipinski definition) is 3. The molecule has 0 radical (unpaired) electrons. The van der Waals surface area contributed by atoms with Crippen molar-refractivity contribution in [1.82, 2.24) is 4.90 Å². The number of aryl methyl sites for hydroxylation is 1. The van der Waals surface area contributed by atoms with Crippen molar-refractivity contribution in [3.05, 3.63) is 28.2 Å². The summed E-state index contributed by atoms with van der Waals surface area (Å²) in [5, 5.41) is 0. The Labute approximate surface area is 140 Å². The van der Waals surface area contributed by atoms with Crippen molar-refractivity contribution >= 4 is 22.0 Å². The fourth-order valence-electron chi connectivity index (χ4n) is 2.37. The number of halogens is 1. The molecule has 0 aromatic heterocycles. The van der Waals surface area contributed by atoms with Crippen LogP contribution in [0.25, 0.3) is 0 Å². The molecule has 1 amide bonds. The van der Waals surface area contributed by atoms with Gasteiger partial charge in [0.2, 0.25) is 0 Å². The third kappa shape index (κ3) is 4.63. The van der Waals surface area contributed by atoms with Crippen LogP contribution in [0.2, 0.25) is 0 Å². The Morgan fingerprint density at radius 2 is 1.91 bits per heavy atom. The zero-order valence-electron chi connectivity index (χ0n) is 13.7. The minimum absolute atomic E-state index is 0.136. The van der Waals surface area contributed by atoms with Gasteiger partial charge >= 0.3 is 6.09 Å². The van der Waals surface area contributed by atoms with Crippen molar-refractivity contribution in [1.29, 1.82) is 0 Å². The molecule has 1 fully saturated rings. The van der Waals surface area contributed by atoms with E-state index in [1.54, 1.807) is 4.90 Å². The molecule has 0 atom stereocenters. The minimum Gasteiger partial charge on any atom is -0.489 e. The normalized spacial score (nSPS) is 16.5. The van der Waals surface area contributed by atoms with Crippen LogP contribution in [0.3, 0.4) is 0 Å². The molecule has 0 saturated carbocycles. The zero-order chi connectivity index (χ0) is 16.3. The van der Waals surface area contributed by atoms with Gasteiger partial charge in [0.15, 0.2) is 0 Å². The quantitative estimate of drug-likeness (QED) is 0.768. The minimum atomic E-state index is -0.448. The number of ether oxygens (including phenoxy) is 2. The van der Waals surface area contributed by atoms with E-state index in [-0.39, 0.29) is 12.2 Å². The number of benzene rings is 1. The van der Waals surface area contributed by atoms with Gasteiger partial charge in [0.1, 0.15) is 17.5 Å². The number of rotatable bonds is 2. The SMILES string of the molecule is Cc1cccc(OC2CCN(C(=O)OC(C)(C)C)CC2)c1Br. The van der Waals surface area contributed by atoms with Gasteiger partial charge < -0.3 is 14.4 Å². The zero-order valence-corrected chi connectivity index (χ0v) is 15.3. The molecule has 0 N–H and O–H groups in total. The molecule has 0 bridgehead atoms. The first-order valence-electron chi connectivity index (χ1n) is 7.66. The molecule has 22 heavy (non-hydrogen) atoms. The van der Waals surface area contributed by atoms with Crippen LogP contribution in [0.4, 0.5) is 4.79 Å². The summed E-state index contributed by atoms with van der Waals surface area (Å²) >= 11 is 3.57. The van der Waals surface area contributed by atoms with E-state index >= 15 is 0 Å². The third-order valence-corrected chi connectivity index (χ3v) is 4.56. The van der Waals surface area contributed by atoms with Gasteiger partial charge in [-0.3, -0.25) is 0 Å². The summed E-state index contributed by atoms with van der Waals surface area (Å²) in [4.78, 5) is 13.8. The lowest BCUT2D eigenvalue weighted by Crippen LogP contribution is -2.44. The summed E-state index contributed by atoms with van der Waals surface area (Å²) in [5.41, 5.74) is 0.709. The molecule has 1 heterocycles. The molecule has 4 nitrogen and oxygen atoms in total. The predicted octanol–water partition coefficient (Wildman–Crippen LogP) is 4.54. The maximum absolute atomic E-state index is 12.0. The van der Waals surface area contributed by atoms with E-state index in [2.05, 4.69) is 15.9 Å². The summed E-state index contributed by atoms with van der Waals surface area (Å²) < 4.78 is 12.5. The van der Waals surface area contributed by atoms with E-state index in [9.17, 15) is 4.79 Å². The summed E-state index contributed by atoms with van der Waals surface area (Å²) in [5.74, 6) is 0.871. The second-order valence-electron chi connectivity index (χ2n) is 6.67. The van der Waals surface area contributed by atoms with Crippen LogP contribution in [0, 0.1) is 6.92 Å². The Kier molecular flexibility index (Phi) is 5.37. The van der Waals surface area contributed by atoms with Crippen LogP contribution < -0.4 is 4.74 Å². The van der Waals surface area contributed by atoms with Crippen LogP contribution in [0.5, 0.6) is 5.75 Å². The van der Waals surface area contributed by atoms with Gasteiger partial charge in [-0.05, 0) is 55.3 Å². The maximum Gasteiger partial charge on any atom is 0.410 e. The van der Waals surface area contributed by atoms with E-state index in [0.29, 0.717) is 13.1 Å². The van der Waals surface area contributed by atoms with E-state index in [0.717, 1.165) is 28.6 Å². The van der Waals surface area contributed by atoms with Gasteiger partial charge in [0.05, 0.1) is 4.47 Å². The highest BCUT2D eigenvalue weighted by Gasteiger charge is 2.27. The summed E-state index contributed by atoms with van der Waals surface area (Å²) in [6, 6.07) is 6.00. The average Bonchev–Trinajstić information content (AvgIpc) is 2.43. The van der Waals surface area contributed by atoms with Crippen molar-refractivity contribution in [2.24, 2.45) is 0 Å². The smallest absolute Gasteiger partial charge is 0.410 e. The predicted molar refractivity (Wildman–Crippen MR) is 90.3 cm³/mol. The fraction of sp³-hybridized carbons (Fsp3) is 0.588. The monoisotopic (exact) mass is 369 g/mol. The van der Waals surface area contributed by atoms with E-state index in [4.69, 9.17) is 9.47 Å². The largest absolute Gasteiger partial charge is 0.489 e. The van der Waals surface area contributed by atoms with E-state index in [1.165, 1.54) is 0 Å². The Bertz CT molecular complexity index is 531. The molecule has 1 saturated heterocycles. The third-order valence-electron chi connectivity index (χ3n) is 3.54. The van der Waals surface area contributed by atoms with E-state index < -0.39 is 5.60 Å². The molecular weight excluding hydrogens is 346 g/mol. The van der Waals surface area contributed by atoms with Gasteiger partial charge in [-0.15, -0.1) is 0 Å².